The van der Waals surface area contributed by atoms with Crippen LogP contribution >= 0.6 is 11.6 Å². The highest BCUT2D eigenvalue weighted by atomic mass is 35.5. The molecule has 1 aliphatic heterocycles. The molecule has 2 amide bonds. The lowest BCUT2D eigenvalue weighted by atomic mass is 10.1. The number of nitrogens with zero attached hydrogens (tertiary/aromatic N) is 4. The Labute approximate surface area is 279 Å². The van der Waals surface area contributed by atoms with Crippen molar-refractivity contribution in [2.45, 2.75) is 19.4 Å². The molecule has 1 heterocycles. The third-order valence-electron chi connectivity index (χ3n) is 7.17. The van der Waals surface area contributed by atoms with Crippen molar-refractivity contribution in [3.8, 4) is 0 Å². The molecular weight excluding hydrogens is 624 g/mol. The van der Waals surface area contributed by atoms with Gasteiger partial charge in [-0.25, -0.2) is 14.7 Å². The molecule has 4 rings (SSSR count). The van der Waals surface area contributed by atoms with Crippen LogP contribution in [0.3, 0.4) is 0 Å². The van der Waals surface area contributed by atoms with Crippen molar-refractivity contribution >= 4 is 52.4 Å². The molecule has 0 bridgehead atoms. The maximum absolute atomic E-state index is 13.9. The molecule has 0 spiro atoms. The molecule has 0 radical (unpaired) electrons. The average molecular weight is 663 g/mol. The summed E-state index contributed by atoms with van der Waals surface area (Å²) in [6.07, 6.45) is 6.34. The number of hydrogen-bond acceptors (Lipinski definition) is 7. The Morgan fingerprint density at radius 2 is 1.45 bits per heavy atom. The minimum absolute atomic E-state index is 0.0411. The number of halogens is 1. The van der Waals surface area contributed by atoms with E-state index in [-0.39, 0.29) is 11.8 Å². The second kappa shape index (κ2) is 18.2. The van der Waals surface area contributed by atoms with E-state index in [1.54, 1.807) is 13.1 Å². The molecule has 0 fully saturated rings. The lowest BCUT2D eigenvalue weighted by Crippen LogP contribution is -2.29. The quantitative estimate of drug-likeness (QED) is 0.136. The summed E-state index contributed by atoms with van der Waals surface area (Å²) in [4.78, 5) is 56.0. The smallest absolute Gasteiger partial charge is 0.328 e. The predicted octanol–water partition coefficient (Wildman–Crippen LogP) is 5.64. The van der Waals surface area contributed by atoms with Crippen LogP contribution in [0.1, 0.15) is 28.8 Å². The van der Waals surface area contributed by atoms with Gasteiger partial charge in [-0.05, 0) is 62.3 Å². The number of benzene rings is 3. The predicted molar refractivity (Wildman–Crippen MR) is 182 cm³/mol. The molecule has 248 valence electrons. The molecule has 12 heteroatoms. The number of para-hydroxylation sites is 2. The zero-order valence-corrected chi connectivity index (χ0v) is 27.3. The van der Waals surface area contributed by atoms with Crippen LogP contribution in [0, 0.1) is 0 Å². The van der Waals surface area contributed by atoms with Gasteiger partial charge in [0, 0.05) is 43.4 Å². The van der Waals surface area contributed by atoms with Crippen LogP contribution in [-0.2, 0) is 25.8 Å². The number of hydrogen-bond donors (Lipinski definition) is 2. The van der Waals surface area contributed by atoms with Crippen molar-refractivity contribution in [3.63, 3.8) is 0 Å². The van der Waals surface area contributed by atoms with E-state index in [4.69, 9.17) is 26.7 Å². The largest absolute Gasteiger partial charge is 0.478 e. The summed E-state index contributed by atoms with van der Waals surface area (Å²) in [5.41, 5.74) is 4.40. The van der Waals surface area contributed by atoms with Crippen LogP contribution in [0.15, 0.2) is 97.1 Å². The van der Waals surface area contributed by atoms with Gasteiger partial charge in [-0.2, -0.15) is 0 Å². The molecule has 0 unspecified atom stereocenters. The van der Waals surface area contributed by atoms with Crippen molar-refractivity contribution in [3.05, 3.63) is 113 Å². The number of carboxylic acids is 2. The Kier molecular flexibility index (Phi) is 14.2. The zero-order chi connectivity index (χ0) is 34.3. The van der Waals surface area contributed by atoms with Gasteiger partial charge in [0.1, 0.15) is 0 Å². The summed E-state index contributed by atoms with van der Waals surface area (Å²) in [7, 11) is 5.08. The van der Waals surface area contributed by atoms with Gasteiger partial charge >= 0.3 is 11.9 Å². The summed E-state index contributed by atoms with van der Waals surface area (Å²) in [6.45, 7) is 2.75. The molecule has 0 aromatic heterocycles. The molecule has 2 N–H and O–H groups in total. The highest BCUT2D eigenvalue weighted by Gasteiger charge is 2.31. The zero-order valence-electron chi connectivity index (χ0n) is 26.6. The van der Waals surface area contributed by atoms with Gasteiger partial charge < -0.3 is 24.9 Å². The molecule has 1 aliphatic rings. The van der Waals surface area contributed by atoms with Crippen LogP contribution in [-0.4, -0.2) is 84.8 Å². The standard InChI is InChI=1S/C31H35ClN4O3.C4H4O4/c1-33(20-11-16-30(37)34(2)39-3)19-9-10-21-35-27-14-7-8-15-28(27)36(23-24-12-5-4-6-13-24)31(38)26-18-17-25(32)22-29(26)35;5-3(6)1-2-4(7)8/h4-8,11-18,22H,9-10,19-21,23H2,1-3H3;1-2H,(H,5,6)(H,7,8)/b16-11+;2-1-. The number of amides is 2. The van der Waals surface area contributed by atoms with E-state index in [1.807, 2.05) is 78.7 Å². The first-order chi connectivity index (χ1) is 22.5. The molecular formula is C35H39ClN4O7. The second-order valence-corrected chi connectivity index (χ2v) is 11.0. The maximum Gasteiger partial charge on any atom is 0.328 e. The number of carbonyl (C=O) groups is 4. The molecule has 3 aromatic rings. The van der Waals surface area contributed by atoms with Gasteiger partial charge in [0.15, 0.2) is 0 Å². The van der Waals surface area contributed by atoms with Crippen LogP contribution in [0.4, 0.5) is 17.1 Å². The number of hydroxylamine groups is 2. The lowest BCUT2D eigenvalue weighted by Gasteiger charge is -2.28. The number of rotatable bonds is 13. The number of likely N-dealkylation sites (N-methyl/N-ethyl adjacent to an activating group) is 2. The van der Waals surface area contributed by atoms with E-state index >= 15 is 0 Å². The van der Waals surface area contributed by atoms with Crippen molar-refractivity contribution in [1.82, 2.24) is 9.96 Å². The van der Waals surface area contributed by atoms with Gasteiger partial charge in [0.2, 0.25) is 0 Å². The molecule has 47 heavy (non-hydrogen) atoms. The molecule has 3 aromatic carbocycles. The van der Waals surface area contributed by atoms with Crippen molar-refractivity contribution in [2.24, 2.45) is 0 Å². The fraction of sp³-hybridized carbons (Fsp3) is 0.257. The monoisotopic (exact) mass is 662 g/mol. The van der Waals surface area contributed by atoms with Gasteiger partial charge in [-0.1, -0.05) is 60.1 Å². The lowest BCUT2D eigenvalue weighted by molar-refractivity contribution is -0.162. The Hall–Kier alpha value is -4.97. The van der Waals surface area contributed by atoms with E-state index in [2.05, 4.69) is 15.9 Å². The maximum atomic E-state index is 13.9. The number of anilines is 3. The van der Waals surface area contributed by atoms with E-state index in [0.29, 0.717) is 35.8 Å². The van der Waals surface area contributed by atoms with Crippen LogP contribution < -0.4 is 9.80 Å². The van der Waals surface area contributed by atoms with E-state index in [0.717, 1.165) is 48.6 Å². The second-order valence-electron chi connectivity index (χ2n) is 10.6. The van der Waals surface area contributed by atoms with E-state index < -0.39 is 11.9 Å². The van der Waals surface area contributed by atoms with E-state index in [1.165, 1.54) is 18.2 Å². The molecule has 0 aliphatic carbocycles. The highest BCUT2D eigenvalue weighted by Crippen LogP contribution is 2.42. The Balaban J connectivity index is 0.000000665. The molecule has 0 saturated carbocycles. The Morgan fingerprint density at radius 3 is 2.06 bits per heavy atom. The van der Waals surface area contributed by atoms with Crippen LogP contribution in [0.5, 0.6) is 0 Å². The number of fused-ring (bicyclic) bond motifs is 2. The normalized spacial score (nSPS) is 12.4. The summed E-state index contributed by atoms with van der Waals surface area (Å²) < 4.78 is 0. The third kappa shape index (κ3) is 11.1. The summed E-state index contributed by atoms with van der Waals surface area (Å²) in [5, 5.41) is 17.4. The first-order valence-corrected chi connectivity index (χ1v) is 15.2. The number of aliphatic carboxylic acids is 2. The van der Waals surface area contributed by atoms with Crippen molar-refractivity contribution in [1.29, 1.82) is 0 Å². The minimum Gasteiger partial charge on any atom is -0.478 e. The number of carbonyl (C=O) groups excluding carboxylic acids is 2. The summed E-state index contributed by atoms with van der Waals surface area (Å²) in [6, 6.07) is 23.6. The summed E-state index contributed by atoms with van der Waals surface area (Å²) >= 11 is 6.44. The summed E-state index contributed by atoms with van der Waals surface area (Å²) in [5.74, 6) is -2.75. The highest BCUT2D eigenvalue weighted by molar-refractivity contribution is 6.31. The third-order valence-corrected chi connectivity index (χ3v) is 7.41. The van der Waals surface area contributed by atoms with Crippen LogP contribution in [0.2, 0.25) is 5.02 Å². The van der Waals surface area contributed by atoms with Gasteiger partial charge in [0.05, 0.1) is 36.3 Å². The first kappa shape index (κ1) is 36.5. The molecule has 0 atom stereocenters. The number of carboxylic acid groups (broad SMARTS) is 2. The first-order valence-electron chi connectivity index (χ1n) is 14.8. The van der Waals surface area contributed by atoms with Gasteiger partial charge in [0.25, 0.3) is 11.8 Å². The molecule has 11 nitrogen and oxygen atoms in total. The topological polar surface area (TPSA) is 131 Å². The van der Waals surface area contributed by atoms with Gasteiger partial charge in [-0.15, -0.1) is 0 Å². The average Bonchev–Trinajstić information content (AvgIpc) is 3.14. The SMILES string of the molecule is CON(C)C(=O)/C=C/CN(C)CCCCN1c2cc(Cl)ccc2C(=O)N(Cc2ccccc2)c2ccccc21.O=C(O)/C=C\C(=O)O. The van der Waals surface area contributed by atoms with E-state index in [9.17, 15) is 19.2 Å². The molecule has 0 saturated heterocycles. The fourth-order valence-corrected chi connectivity index (χ4v) is 4.96. The fourth-order valence-electron chi connectivity index (χ4n) is 4.79. The van der Waals surface area contributed by atoms with Crippen LogP contribution in [0.25, 0.3) is 0 Å². The van der Waals surface area contributed by atoms with Crippen molar-refractivity contribution < 1.29 is 34.2 Å². The van der Waals surface area contributed by atoms with Gasteiger partial charge in [-0.3, -0.25) is 14.4 Å². The Morgan fingerprint density at radius 1 is 0.830 bits per heavy atom. The van der Waals surface area contributed by atoms with Crippen molar-refractivity contribution in [2.75, 3.05) is 50.6 Å². The minimum atomic E-state index is -1.26. The Bertz CT molecular complexity index is 1580. The number of unbranched alkanes of at least 4 members (excludes halogenated alkanes) is 1.